The zero-order chi connectivity index (χ0) is 34.0. The van der Waals surface area contributed by atoms with Crippen LogP contribution in [0.4, 0.5) is 24.7 Å². The van der Waals surface area contributed by atoms with Gasteiger partial charge in [-0.1, -0.05) is 31.2 Å². The number of halogens is 3. The highest BCUT2D eigenvalue weighted by molar-refractivity contribution is 6.03. The van der Waals surface area contributed by atoms with E-state index in [1.54, 1.807) is 6.07 Å². The van der Waals surface area contributed by atoms with Crippen LogP contribution in [0.5, 0.6) is 17.6 Å². The fraction of sp³-hybridized carbons (Fsp3) is 0.378. The number of hydrogen-bond donors (Lipinski definition) is 2. The molecule has 9 nitrogen and oxygen atoms in total. The monoisotopic (exact) mass is 670 g/mol. The normalized spacial score (nSPS) is 21.2. The maximum Gasteiger partial charge on any atom is 0.319 e. The van der Waals surface area contributed by atoms with E-state index in [1.165, 1.54) is 18.2 Å². The van der Waals surface area contributed by atoms with Crippen molar-refractivity contribution >= 4 is 33.2 Å². The van der Waals surface area contributed by atoms with E-state index < -0.39 is 23.3 Å². The smallest absolute Gasteiger partial charge is 0.319 e. The minimum Gasteiger partial charge on any atom is -0.508 e. The van der Waals surface area contributed by atoms with Crippen molar-refractivity contribution in [2.75, 3.05) is 43.5 Å². The molecule has 0 saturated carbocycles. The number of aromatic nitrogens is 3. The van der Waals surface area contributed by atoms with Crippen molar-refractivity contribution in [2.24, 2.45) is 0 Å². The molecule has 49 heavy (non-hydrogen) atoms. The van der Waals surface area contributed by atoms with Gasteiger partial charge < -0.3 is 25.2 Å². The lowest BCUT2D eigenvalue weighted by molar-refractivity contribution is 0.107. The fourth-order valence-corrected chi connectivity index (χ4v) is 8.12. The highest BCUT2D eigenvalue weighted by Crippen LogP contribution is 2.45. The van der Waals surface area contributed by atoms with E-state index in [2.05, 4.69) is 14.9 Å². The number of alkyl halides is 1. The third kappa shape index (κ3) is 5.15. The Bertz CT molecular complexity index is 2110. The summed E-state index contributed by atoms with van der Waals surface area (Å²) < 4.78 is 59.4. The Morgan fingerprint density at radius 3 is 2.76 bits per heavy atom. The van der Waals surface area contributed by atoms with Crippen LogP contribution >= 0.6 is 0 Å². The molecule has 2 fully saturated rings. The largest absolute Gasteiger partial charge is 0.508 e. The van der Waals surface area contributed by atoms with Gasteiger partial charge in [0.15, 0.2) is 5.82 Å². The van der Waals surface area contributed by atoms with Crippen LogP contribution in [0.25, 0.3) is 32.9 Å². The average molecular weight is 671 g/mol. The summed E-state index contributed by atoms with van der Waals surface area (Å²) in [5, 5.41) is 11.9. The average Bonchev–Trinajstić information content (AvgIpc) is 3.55. The number of pyridine rings is 1. The summed E-state index contributed by atoms with van der Waals surface area (Å²) in [6.45, 7) is 5.64. The summed E-state index contributed by atoms with van der Waals surface area (Å²) >= 11 is 0. The lowest BCUT2D eigenvalue weighted by Crippen LogP contribution is -2.43. The number of phenolic OH excluding ortho intramolecular Hbond substituents is 1. The molecule has 0 radical (unpaired) electrons. The van der Waals surface area contributed by atoms with E-state index in [1.807, 2.05) is 43.0 Å². The molecule has 5 aromatic rings. The van der Waals surface area contributed by atoms with Gasteiger partial charge in [0.05, 0.1) is 18.1 Å². The molecule has 1 unspecified atom stereocenters. The van der Waals surface area contributed by atoms with E-state index in [9.17, 15) is 9.50 Å². The number of fused-ring (bicyclic) bond motifs is 2. The summed E-state index contributed by atoms with van der Waals surface area (Å²) in [7, 11) is 0. The SMILES string of the molecule is CCc1c(F)ccc2cc(O)cc(-c3nc4c5c(nc(OC[C@@]67CCCN6C[C@H](F)C7)nc5c3F)N(C(C)c3ccccc3N)CCO4)c12. The van der Waals surface area contributed by atoms with Crippen LogP contribution in [0, 0.1) is 11.6 Å². The second kappa shape index (κ2) is 11.9. The van der Waals surface area contributed by atoms with Gasteiger partial charge in [0.1, 0.15) is 53.4 Å². The van der Waals surface area contributed by atoms with Crippen LogP contribution < -0.4 is 20.1 Å². The number of anilines is 2. The molecule has 2 aromatic heterocycles. The quantitative estimate of drug-likeness (QED) is 0.179. The Kier molecular flexibility index (Phi) is 7.66. The molecule has 0 amide bonds. The zero-order valence-electron chi connectivity index (χ0n) is 27.3. The topological polar surface area (TPSA) is 110 Å². The minimum absolute atomic E-state index is 0.0609. The van der Waals surface area contributed by atoms with Crippen LogP contribution in [0.1, 0.15) is 50.3 Å². The van der Waals surface area contributed by atoms with Gasteiger partial charge in [0.25, 0.3) is 0 Å². The fourth-order valence-electron chi connectivity index (χ4n) is 8.12. The van der Waals surface area contributed by atoms with Crippen LogP contribution in [0.2, 0.25) is 0 Å². The molecule has 3 aliphatic heterocycles. The highest BCUT2D eigenvalue weighted by atomic mass is 19.1. The second-order valence-electron chi connectivity index (χ2n) is 13.3. The summed E-state index contributed by atoms with van der Waals surface area (Å²) in [6, 6.07) is 12.9. The van der Waals surface area contributed by atoms with Crippen molar-refractivity contribution in [1.82, 2.24) is 19.9 Å². The number of nitrogens with zero attached hydrogens (tertiary/aromatic N) is 5. The number of para-hydroxylation sites is 1. The molecule has 3 atom stereocenters. The third-order valence-corrected chi connectivity index (χ3v) is 10.5. The van der Waals surface area contributed by atoms with Gasteiger partial charge >= 0.3 is 6.01 Å². The first-order valence-electron chi connectivity index (χ1n) is 16.8. The molecular formula is C37H37F3N6O3. The lowest BCUT2D eigenvalue weighted by atomic mass is 9.94. The Balaban J connectivity index is 1.34. The predicted octanol–water partition coefficient (Wildman–Crippen LogP) is 6.89. The van der Waals surface area contributed by atoms with Gasteiger partial charge in [0, 0.05) is 24.2 Å². The summed E-state index contributed by atoms with van der Waals surface area (Å²) in [5.41, 5.74) is 7.70. The predicted molar refractivity (Wildman–Crippen MR) is 182 cm³/mol. The summed E-state index contributed by atoms with van der Waals surface area (Å²) in [6.07, 6.45) is 1.46. The molecular weight excluding hydrogens is 633 g/mol. The first kappa shape index (κ1) is 31.4. The number of phenols is 1. The number of aromatic hydroxyl groups is 1. The molecule has 8 rings (SSSR count). The molecule has 254 valence electrons. The summed E-state index contributed by atoms with van der Waals surface area (Å²) in [5.74, 6) is -0.900. The number of ether oxygens (including phenoxy) is 2. The molecule has 0 bridgehead atoms. The van der Waals surface area contributed by atoms with E-state index in [4.69, 9.17) is 20.2 Å². The Hall–Kier alpha value is -4.84. The molecule has 3 aliphatic rings. The zero-order valence-corrected chi connectivity index (χ0v) is 27.3. The van der Waals surface area contributed by atoms with Crippen molar-refractivity contribution in [1.29, 1.82) is 0 Å². The van der Waals surface area contributed by atoms with E-state index in [0.29, 0.717) is 53.8 Å². The van der Waals surface area contributed by atoms with Crippen molar-refractivity contribution in [3.63, 3.8) is 0 Å². The van der Waals surface area contributed by atoms with Gasteiger partial charge in [-0.2, -0.15) is 9.97 Å². The van der Waals surface area contributed by atoms with E-state index >= 15 is 8.78 Å². The van der Waals surface area contributed by atoms with E-state index in [-0.39, 0.29) is 59.1 Å². The minimum atomic E-state index is -0.945. The van der Waals surface area contributed by atoms with Gasteiger partial charge in [-0.3, -0.25) is 4.90 Å². The maximum absolute atomic E-state index is 17.2. The maximum atomic E-state index is 17.2. The third-order valence-electron chi connectivity index (χ3n) is 10.5. The number of rotatable bonds is 7. The Morgan fingerprint density at radius 2 is 1.94 bits per heavy atom. The molecule has 3 aromatic carbocycles. The van der Waals surface area contributed by atoms with Crippen LogP contribution in [0.3, 0.4) is 0 Å². The van der Waals surface area contributed by atoms with Crippen LogP contribution in [-0.2, 0) is 6.42 Å². The molecule has 3 N–H and O–H groups in total. The van der Waals surface area contributed by atoms with Crippen molar-refractivity contribution < 1.29 is 27.8 Å². The Labute approximate surface area is 281 Å². The number of nitrogen functional groups attached to an aromatic ring is 1. The Morgan fingerprint density at radius 1 is 1.10 bits per heavy atom. The number of nitrogens with two attached hydrogens (primary N) is 1. The first-order valence-corrected chi connectivity index (χ1v) is 16.8. The summed E-state index contributed by atoms with van der Waals surface area (Å²) in [4.78, 5) is 18.2. The van der Waals surface area contributed by atoms with Crippen LogP contribution in [-0.4, -0.2) is 69.5 Å². The lowest BCUT2D eigenvalue weighted by Gasteiger charge is -2.32. The van der Waals surface area contributed by atoms with Gasteiger partial charge in [-0.25, -0.2) is 18.2 Å². The standard InChI is InChI=1S/C37H37F3N6O3/c1-3-24-27(39)10-9-21-15-23(47)16-26(29(21)24)32-31(40)33-30-34(44-36(43-33)49-19-37-11-6-12-45(37)18-22(38)17-37)46(13-14-48-35(30)42-32)20(2)25-7-4-5-8-28(25)41/h4-5,7-10,15-16,20,22,47H,3,6,11-14,17-19,41H2,1-2H3/t20?,22-,37+/m1/s1. The van der Waals surface area contributed by atoms with Gasteiger partial charge in [-0.05, 0) is 78.9 Å². The van der Waals surface area contributed by atoms with E-state index in [0.717, 1.165) is 24.9 Å². The molecule has 0 spiro atoms. The molecule has 0 aliphatic carbocycles. The highest BCUT2D eigenvalue weighted by Gasteiger charge is 2.49. The molecule has 5 heterocycles. The number of aryl methyl sites for hydroxylation is 1. The second-order valence-corrected chi connectivity index (χ2v) is 13.3. The molecule has 12 heteroatoms. The molecule has 2 saturated heterocycles. The number of hydrogen-bond acceptors (Lipinski definition) is 9. The van der Waals surface area contributed by atoms with Gasteiger partial charge in [-0.15, -0.1) is 0 Å². The van der Waals surface area contributed by atoms with Crippen molar-refractivity contribution in [3.05, 3.63) is 71.3 Å². The van der Waals surface area contributed by atoms with Gasteiger partial charge in [0.2, 0.25) is 5.88 Å². The first-order chi connectivity index (χ1) is 23.7. The van der Waals surface area contributed by atoms with Crippen LogP contribution in [0.15, 0.2) is 48.5 Å². The number of benzene rings is 3. The van der Waals surface area contributed by atoms with Crippen molar-refractivity contribution in [2.45, 2.75) is 57.3 Å². The van der Waals surface area contributed by atoms with Crippen molar-refractivity contribution in [3.8, 4) is 28.9 Å².